The number of aromatic nitrogens is 4. The van der Waals surface area contributed by atoms with Gasteiger partial charge in [0, 0.05) is 24.8 Å². The van der Waals surface area contributed by atoms with Crippen LogP contribution < -0.4 is 0 Å². The SMILES string of the molecule is CCCC[N+](CC)(CCC)CCOC(=O)c1ccc[nH]1.CCCC[N+](CC)(CCC)CCOC(=O)c1ccco1.CCC[N+](CC)(CCC)CCOC(=O)c1ccc[nH]1.CCC[N+](CC)(CCC)CCOC(=O)c1cccs1.CC[N+](CC)(CC)CCOC(=O)c1ccc[nH]1.CC[N+](CC)(CC)CCOC(=O)c1cccs1.C[N+](C)(C)CCOC(=O)c1ccc[nH]1.C[N+](C)(C)CCOC(=O)c1cccs1. The third-order valence-corrected chi connectivity index (χ3v) is 28.4. The monoisotopic (exact) mass is 2020 g/mol. The van der Waals surface area contributed by atoms with Crippen molar-refractivity contribution < 1.29 is 117 Å². The third kappa shape index (κ3) is 53.3. The summed E-state index contributed by atoms with van der Waals surface area (Å²) in [6.45, 7) is 70.9. The van der Waals surface area contributed by atoms with Crippen molar-refractivity contribution in [3.63, 3.8) is 0 Å². The predicted molar refractivity (Wildman–Crippen MR) is 570 cm³/mol. The number of carbonyl (C=O) groups is 8. The van der Waals surface area contributed by atoms with E-state index in [4.69, 9.17) is 42.3 Å². The minimum Gasteiger partial charge on any atom is -0.457 e. The summed E-state index contributed by atoms with van der Waals surface area (Å²) >= 11 is 4.27. The molecule has 2 atom stereocenters. The second kappa shape index (κ2) is 73.9. The predicted octanol–water partition coefficient (Wildman–Crippen LogP) is 20.4. The Morgan fingerprint density at radius 3 is 0.650 bits per heavy atom. The molecule has 0 saturated carbocycles. The Hall–Kier alpha value is -9.06. The van der Waals surface area contributed by atoms with E-state index < -0.39 is 0 Å². The molecule has 0 amide bonds. The van der Waals surface area contributed by atoms with E-state index in [-0.39, 0.29) is 53.5 Å². The van der Waals surface area contributed by atoms with Gasteiger partial charge in [0.05, 0.1) is 166 Å². The van der Waals surface area contributed by atoms with E-state index in [2.05, 4.69) is 187 Å². The minimum absolute atomic E-state index is 0.183. The molecule has 140 heavy (non-hydrogen) atoms. The van der Waals surface area contributed by atoms with Crippen LogP contribution >= 0.6 is 34.0 Å². The summed E-state index contributed by atoms with van der Waals surface area (Å²) < 4.78 is 55.1. The first-order valence-corrected chi connectivity index (χ1v) is 54.4. The van der Waals surface area contributed by atoms with Gasteiger partial charge in [-0.2, -0.15) is 0 Å². The number of ether oxygens (including phenoxy) is 8. The van der Waals surface area contributed by atoms with Crippen LogP contribution in [0.5, 0.6) is 0 Å². The van der Waals surface area contributed by atoms with Crippen molar-refractivity contribution in [3.8, 4) is 0 Å². The van der Waals surface area contributed by atoms with Crippen molar-refractivity contribution in [1.82, 2.24) is 19.9 Å². The number of unbranched alkanes of at least 4 members (excludes halogenated alkanes) is 2. The Morgan fingerprint density at radius 1 is 0.243 bits per heavy atom. The maximum absolute atomic E-state index is 11.8. The number of quaternary nitrogens is 8. The third-order valence-electron chi connectivity index (χ3n) is 25.8. The number of hydrogen-bond donors (Lipinski definition) is 4. The van der Waals surface area contributed by atoms with E-state index in [9.17, 15) is 38.4 Å². The average Bonchev–Trinajstić information content (AvgIpc) is 1.40. The van der Waals surface area contributed by atoms with Crippen molar-refractivity contribution >= 4 is 81.8 Å². The highest BCUT2D eigenvalue weighted by molar-refractivity contribution is 7.12. The quantitative estimate of drug-likeness (QED) is 0.0156. The molecule has 0 spiro atoms. The lowest BCUT2D eigenvalue weighted by atomic mass is 10.2. The molecule has 0 aliphatic heterocycles. The Labute approximate surface area is 854 Å². The Morgan fingerprint density at radius 2 is 0.464 bits per heavy atom. The highest BCUT2D eigenvalue weighted by Gasteiger charge is 2.31. The fourth-order valence-corrected chi connectivity index (χ4v) is 18.0. The molecule has 2 unspecified atom stereocenters. The van der Waals surface area contributed by atoms with E-state index in [1.807, 2.05) is 40.4 Å². The first kappa shape index (κ1) is 129. The number of hydrogen-bond acceptors (Lipinski definition) is 20. The maximum Gasteiger partial charge on any atom is 0.374 e. The molecule has 0 fully saturated rings. The van der Waals surface area contributed by atoms with E-state index in [1.54, 1.807) is 97.6 Å². The molecule has 792 valence electrons. The van der Waals surface area contributed by atoms with Gasteiger partial charge in [0.1, 0.15) is 143 Å². The number of thiophene rings is 3. The number of nitrogens with zero attached hydrogens (tertiary/aromatic N) is 8. The van der Waals surface area contributed by atoms with Gasteiger partial charge in [0.25, 0.3) is 0 Å². The molecule has 4 N–H and O–H groups in total. The number of furan rings is 1. The number of nitrogens with one attached hydrogen (secondary N) is 4. The zero-order chi connectivity index (χ0) is 105. The lowest BCUT2D eigenvalue weighted by Gasteiger charge is -2.37. The van der Waals surface area contributed by atoms with Gasteiger partial charge in [-0.05, 0) is 216 Å². The van der Waals surface area contributed by atoms with E-state index in [1.165, 1.54) is 124 Å². The molecule has 0 radical (unpaired) electrons. The molecule has 0 aromatic carbocycles. The maximum atomic E-state index is 11.8. The standard InChI is InChI=1S/C16H28N2O2.C16H28NO3.C15H26N2O2.C15H26NO2S.C13H22N2O2.C13H22NO2S.C10H16N2O2.C10H16NO2S/c1-4-7-12-18(6-3,11-5-2)13-14-20-16(19)15-9-8-10-17-15;1-4-7-11-17(6-3,10-5-2)12-14-20-16(18)15-9-8-13-19-15;1-4-10-17(6-3,11-5-2)12-13-19-15(18)14-8-7-9-16-14;1-4-9-16(6-3,10-5-2)11-12-18-15(17)14-8-7-13-19-14;1-4-15(5-2,6-3)10-11-17-13(16)12-8-7-9-14-12;1-4-14(5-2,6-3)9-10-16-13(15)12-8-7-11-17-12;1-12(2,3)7-8-14-10(13)9-5-4-6-11-9;1-11(2,3)6-7-13-10(12)9-5-4-8-14-9/h8-10H,4-7,11-14H2,1-3H3;8-9,13H,4-7,10-12,14H2,1-3H3;7-9H,4-6,10-13H2,1-3H3;7-8,13H,4-6,9-12H2,1-3H3;7-9H,4-6,10-11H2,1-3H3;7-8,11H,4-6,9-10H2,1-3H3;4-6H,7-8H2,1-3H3;4-5,8H,6-7H2,1-3H3/q;+1;;+1;;+1;;+1/p+4. The van der Waals surface area contributed by atoms with Crippen molar-refractivity contribution in [2.24, 2.45) is 0 Å². The van der Waals surface area contributed by atoms with Gasteiger partial charge in [-0.1, -0.05) is 86.4 Å². The molecular weight excluding hydrogens is 1830 g/mol. The first-order valence-electron chi connectivity index (χ1n) is 51.8. The van der Waals surface area contributed by atoms with Crippen molar-refractivity contribution in [3.05, 3.63) is 187 Å². The topological polar surface area (TPSA) is 287 Å². The minimum atomic E-state index is -0.365. The van der Waals surface area contributed by atoms with Crippen LogP contribution in [-0.4, -0.2) is 369 Å². The summed E-state index contributed by atoms with van der Waals surface area (Å²) in [5.41, 5.74) is 2.09. The van der Waals surface area contributed by atoms with Gasteiger partial charge in [-0.15, -0.1) is 34.0 Å². The second-order valence-corrected chi connectivity index (χ2v) is 40.3. The summed E-state index contributed by atoms with van der Waals surface area (Å²) in [5, 5.41) is 5.66. The van der Waals surface area contributed by atoms with Gasteiger partial charge in [0.2, 0.25) is 5.76 Å². The van der Waals surface area contributed by atoms with Crippen LogP contribution in [0, 0.1) is 0 Å². The van der Waals surface area contributed by atoms with Gasteiger partial charge < -0.3 is 98.1 Å². The van der Waals surface area contributed by atoms with Crippen LogP contribution in [0.3, 0.4) is 0 Å². The molecule has 8 aromatic heterocycles. The van der Waals surface area contributed by atoms with E-state index in [0.717, 1.165) is 186 Å². The van der Waals surface area contributed by atoms with Crippen LogP contribution in [0.2, 0.25) is 0 Å². The Bertz CT molecular complexity index is 4070. The molecule has 32 heteroatoms. The molecule has 8 aromatic rings. The fraction of sp³-hybridized carbons (Fsp3) is 0.630. The highest BCUT2D eigenvalue weighted by Crippen LogP contribution is 2.20. The molecule has 0 bridgehead atoms. The molecule has 29 nitrogen and oxygen atoms in total. The molecule has 8 rings (SSSR count). The van der Waals surface area contributed by atoms with Gasteiger partial charge in [-0.25, -0.2) is 38.4 Å². The second-order valence-electron chi connectivity index (χ2n) is 37.4. The number of esters is 8. The van der Waals surface area contributed by atoms with Crippen LogP contribution in [-0.2, 0) is 37.9 Å². The highest BCUT2D eigenvalue weighted by atomic mass is 32.1. The zero-order valence-electron chi connectivity index (χ0n) is 90.7. The summed E-state index contributed by atoms with van der Waals surface area (Å²) in [6, 6.07) is 28.4. The smallest absolute Gasteiger partial charge is 0.374 e. The average molecular weight is 2020 g/mol. The van der Waals surface area contributed by atoms with Crippen molar-refractivity contribution in [2.75, 3.05) is 265 Å². The van der Waals surface area contributed by atoms with Crippen molar-refractivity contribution in [2.45, 2.75) is 189 Å². The number of carbonyl (C=O) groups excluding carboxylic acids is 8. The number of rotatable bonds is 60. The van der Waals surface area contributed by atoms with E-state index >= 15 is 0 Å². The van der Waals surface area contributed by atoms with Crippen LogP contribution in [0.1, 0.15) is 270 Å². The van der Waals surface area contributed by atoms with Crippen LogP contribution in [0.15, 0.2) is 149 Å². The number of likely N-dealkylation sites (N-methyl/N-ethyl adjacent to an activating group) is 8. The summed E-state index contributed by atoms with van der Waals surface area (Å²) in [6.07, 6.45) is 20.3. The molecule has 8 heterocycles. The summed E-state index contributed by atoms with van der Waals surface area (Å²) in [4.78, 5) is 106. The van der Waals surface area contributed by atoms with Crippen molar-refractivity contribution in [1.29, 1.82) is 0 Å². The van der Waals surface area contributed by atoms with Crippen LogP contribution in [0.25, 0.3) is 0 Å². The summed E-state index contributed by atoms with van der Waals surface area (Å²) in [7, 11) is 12.4. The Kier molecular flexibility index (Phi) is 68.1. The fourth-order valence-electron chi connectivity index (χ4n) is 16.2. The van der Waals surface area contributed by atoms with Gasteiger partial charge >= 0.3 is 47.8 Å². The molecule has 0 saturated heterocycles. The summed E-state index contributed by atoms with van der Waals surface area (Å²) in [5.74, 6) is -1.74. The number of aromatic amines is 4. The van der Waals surface area contributed by atoms with Crippen LogP contribution in [0.4, 0.5) is 0 Å². The van der Waals surface area contributed by atoms with Gasteiger partial charge in [0.15, 0.2) is 0 Å². The lowest BCUT2D eigenvalue weighted by Crippen LogP contribution is -2.51. The largest absolute Gasteiger partial charge is 0.457 e. The lowest BCUT2D eigenvalue weighted by molar-refractivity contribution is -0.926. The normalized spacial score (nSPS) is 12.2. The first-order chi connectivity index (χ1) is 67.0. The molecule has 0 aliphatic carbocycles. The van der Waals surface area contributed by atoms with E-state index in [0.29, 0.717) is 90.3 Å². The Balaban J connectivity index is 0.000000802. The molecular formula is C108H188N12O17S3+8. The molecule has 0 aliphatic rings. The zero-order valence-corrected chi connectivity index (χ0v) is 93.2. The number of H-pyrrole nitrogens is 4. The van der Waals surface area contributed by atoms with Gasteiger partial charge in [-0.3, -0.25) is 0 Å².